The first-order valence-electron chi connectivity index (χ1n) is 4.78. The number of carbonyl (C=O) groups excluding carboxylic acids is 1. The van der Waals surface area contributed by atoms with Gasteiger partial charge < -0.3 is 10.1 Å². The highest BCUT2D eigenvalue weighted by Crippen LogP contribution is 2.14. The van der Waals surface area contributed by atoms with Crippen LogP contribution in [0, 0.1) is 0 Å². The van der Waals surface area contributed by atoms with Crippen LogP contribution in [0.15, 0.2) is 11.6 Å². The predicted molar refractivity (Wildman–Crippen MR) is 51.4 cm³/mol. The van der Waals surface area contributed by atoms with Crippen molar-refractivity contribution < 1.29 is 9.53 Å². The third-order valence-corrected chi connectivity index (χ3v) is 2.31. The molecule has 1 heterocycles. The Morgan fingerprint density at radius 3 is 3.15 bits per heavy atom. The molecule has 13 heavy (non-hydrogen) atoms. The molecule has 0 saturated heterocycles. The molecule has 74 valence electrons. The molecule has 1 N–H and O–H groups in total. The Morgan fingerprint density at radius 1 is 1.77 bits per heavy atom. The van der Waals surface area contributed by atoms with Crippen LogP contribution in [0.4, 0.5) is 0 Å². The van der Waals surface area contributed by atoms with E-state index in [2.05, 4.69) is 17.0 Å². The molecule has 0 aromatic carbocycles. The molecule has 1 aliphatic heterocycles. The number of methoxy groups -OCH3 is 1. The van der Waals surface area contributed by atoms with Gasteiger partial charge in [0.2, 0.25) is 0 Å². The van der Waals surface area contributed by atoms with E-state index in [0.29, 0.717) is 6.04 Å². The van der Waals surface area contributed by atoms with E-state index in [1.807, 2.05) is 6.08 Å². The minimum atomic E-state index is -0.178. The van der Waals surface area contributed by atoms with Crippen molar-refractivity contribution in [2.75, 3.05) is 13.7 Å². The monoisotopic (exact) mass is 183 g/mol. The lowest BCUT2D eigenvalue weighted by atomic mass is 9.99. The second kappa shape index (κ2) is 5.02. The first-order valence-corrected chi connectivity index (χ1v) is 4.78. The Bertz CT molecular complexity index is 211. The molecule has 0 aromatic heterocycles. The van der Waals surface area contributed by atoms with E-state index in [4.69, 9.17) is 0 Å². The summed E-state index contributed by atoms with van der Waals surface area (Å²) in [5.74, 6) is -0.178. The lowest BCUT2D eigenvalue weighted by Crippen LogP contribution is -2.34. The third kappa shape index (κ3) is 2.84. The zero-order chi connectivity index (χ0) is 9.68. The molecule has 0 spiro atoms. The largest absolute Gasteiger partial charge is 0.466 e. The zero-order valence-electron chi connectivity index (χ0n) is 8.30. The van der Waals surface area contributed by atoms with Crippen molar-refractivity contribution in [3.8, 4) is 0 Å². The number of rotatable bonds is 3. The number of nitrogens with one attached hydrogen (secondary N) is 1. The van der Waals surface area contributed by atoms with Gasteiger partial charge in [0.05, 0.1) is 7.11 Å². The lowest BCUT2D eigenvalue weighted by molar-refractivity contribution is -0.136. The van der Waals surface area contributed by atoms with Gasteiger partial charge in [-0.2, -0.15) is 0 Å². The molecule has 0 radical (unpaired) electrons. The van der Waals surface area contributed by atoms with Gasteiger partial charge >= 0.3 is 5.97 Å². The molecular weight excluding hydrogens is 166 g/mol. The van der Waals surface area contributed by atoms with Crippen molar-refractivity contribution in [3.63, 3.8) is 0 Å². The van der Waals surface area contributed by atoms with Gasteiger partial charge in [-0.1, -0.05) is 19.4 Å². The van der Waals surface area contributed by atoms with Crippen LogP contribution >= 0.6 is 0 Å². The van der Waals surface area contributed by atoms with E-state index in [1.54, 1.807) is 0 Å². The SMILES string of the molecule is CCCC1CC(C(=O)OC)=CCN1. The summed E-state index contributed by atoms with van der Waals surface area (Å²) in [6.07, 6.45) is 4.99. The minimum Gasteiger partial charge on any atom is -0.466 e. The summed E-state index contributed by atoms with van der Waals surface area (Å²) >= 11 is 0. The van der Waals surface area contributed by atoms with Crippen LogP contribution in [-0.2, 0) is 9.53 Å². The molecule has 0 aromatic rings. The molecule has 1 unspecified atom stereocenters. The molecule has 0 fully saturated rings. The number of hydrogen-bond donors (Lipinski definition) is 1. The molecule has 1 atom stereocenters. The van der Waals surface area contributed by atoms with Gasteiger partial charge in [0, 0.05) is 18.2 Å². The van der Waals surface area contributed by atoms with E-state index in [9.17, 15) is 4.79 Å². The summed E-state index contributed by atoms with van der Waals surface area (Å²) in [5, 5.41) is 3.34. The van der Waals surface area contributed by atoms with Gasteiger partial charge in [0.25, 0.3) is 0 Å². The highest BCUT2D eigenvalue weighted by Gasteiger charge is 2.18. The van der Waals surface area contributed by atoms with Gasteiger partial charge in [0.1, 0.15) is 0 Å². The predicted octanol–water partition coefficient (Wildman–Crippen LogP) is 1.25. The first kappa shape index (κ1) is 10.3. The summed E-state index contributed by atoms with van der Waals surface area (Å²) in [6, 6.07) is 0.448. The van der Waals surface area contributed by atoms with Gasteiger partial charge in [0.15, 0.2) is 0 Å². The molecule has 0 amide bonds. The van der Waals surface area contributed by atoms with Crippen LogP contribution in [0.5, 0.6) is 0 Å². The summed E-state index contributed by atoms with van der Waals surface area (Å²) < 4.78 is 4.68. The van der Waals surface area contributed by atoms with Crippen molar-refractivity contribution >= 4 is 5.97 Å². The molecule has 1 rings (SSSR count). The molecule has 0 bridgehead atoms. The lowest BCUT2D eigenvalue weighted by Gasteiger charge is -2.22. The number of hydrogen-bond acceptors (Lipinski definition) is 3. The summed E-state index contributed by atoms with van der Waals surface area (Å²) in [5.41, 5.74) is 0.819. The summed E-state index contributed by atoms with van der Waals surface area (Å²) in [6.45, 7) is 2.94. The average Bonchev–Trinajstić information content (AvgIpc) is 2.18. The smallest absolute Gasteiger partial charge is 0.333 e. The van der Waals surface area contributed by atoms with Crippen molar-refractivity contribution in [3.05, 3.63) is 11.6 Å². The van der Waals surface area contributed by atoms with Crippen LogP contribution in [0.25, 0.3) is 0 Å². The summed E-state index contributed by atoms with van der Waals surface area (Å²) in [7, 11) is 1.43. The van der Waals surface area contributed by atoms with Crippen LogP contribution in [0.3, 0.4) is 0 Å². The van der Waals surface area contributed by atoms with Gasteiger partial charge in [-0.25, -0.2) is 4.79 Å². The zero-order valence-corrected chi connectivity index (χ0v) is 8.30. The Hall–Kier alpha value is -0.830. The third-order valence-electron chi connectivity index (χ3n) is 2.31. The van der Waals surface area contributed by atoms with Crippen LogP contribution in [-0.4, -0.2) is 25.7 Å². The standard InChI is InChI=1S/C10H17NO2/c1-3-4-9-7-8(5-6-11-9)10(12)13-2/h5,9,11H,3-4,6-7H2,1-2H3. The van der Waals surface area contributed by atoms with Crippen LogP contribution in [0.2, 0.25) is 0 Å². The fourth-order valence-corrected chi connectivity index (χ4v) is 1.62. The van der Waals surface area contributed by atoms with E-state index >= 15 is 0 Å². The fraction of sp³-hybridized carbons (Fsp3) is 0.700. The maximum Gasteiger partial charge on any atom is 0.333 e. The van der Waals surface area contributed by atoms with Gasteiger partial charge in [-0.3, -0.25) is 0 Å². The van der Waals surface area contributed by atoms with E-state index < -0.39 is 0 Å². The Labute approximate surface area is 79.2 Å². The summed E-state index contributed by atoms with van der Waals surface area (Å²) in [4.78, 5) is 11.2. The highest BCUT2D eigenvalue weighted by molar-refractivity contribution is 5.88. The number of esters is 1. The Kier molecular flexibility index (Phi) is 3.96. The van der Waals surface area contributed by atoms with Crippen molar-refractivity contribution in [2.24, 2.45) is 0 Å². The minimum absolute atomic E-state index is 0.178. The van der Waals surface area contributed by atoms with Crippen LogP contribution < -0.4 is 5.32 Å². The Balaban J connectivity index is 2.49. The van der Waals surface area contributed by atoms with E-state index in [-0.39, 0.29) is 5.97 Å². The second-order valence-corrected chi connectivity index (χ2v) is 3.32. The van der Waals surface area contributed by atoms with E-state index in [0.717, 1.165) is 31.4 Å². The quantitative estimate of drug-likeness (QED) is 0.669. The fourth-order valence-electron chi connectivity index (χ4n) is 1.62. The number of carbonyl (C=O) groups is 1. The molecular formula is C10H17NO2. The Morgan fingerprint density at radius 2 is 2.54 bits per heavy atom. The topological polar surface area (TPSA) is 38.3 Å². The van der Waals surface area contributed by atoms with Crippen molar-refractivity contribution in [1.82, 2.24) is 5.32 Å². The normalized spacial score (nSPS) is 22.3. The molecule has 3 nitrogen and oxygen atoms in total. The van der Waals surface area contributed by atoms with Gasteiger partial charge in [-0.05, 0) is 12.8 Å². The maximum atomic E-state index is 11.2. The maximum absolute atomic E-state index is 11.2. The second-order valence-electron chi connectivity index (χ2n) is 3.32. The molecule has 0 aliphatic carbocycles. The van der Waals surface area contributed by atoms with Crippen molar-refractivity contribution in [2.45, 2.75) is 32.2 Å². The molecule has 0 saturated carbocycles. The van der Waals surface area contributed by atoms with E-state index in [1.165, 1.54) is 7.11 Å². The first-order chi connectivity index (χ1) is 6.27. The average molecular weight is 183 g/mol. The highest BCUT2D eigenvalue weighted by atomic mass is 16.5. The van der Waals surface area contributed by atoms with Crippen LogP contribution in [0.1, 0.15) is 26.2 Å². The number of ether oxygens (including phenoxy) is 1. The molecule has 3 heteroatoms. The molecule has 1 aliphatic rings. The van der Waals surface area contributed by atoms with Crippen molar-refractivity contribution in [1.29, 1.82) is 0 Å². The van der Waals surface area contributed by atoms with Gasteiger partial charge in [-0.15, -0.1) is 0 Å².